The minimum Gasteiger partial charge on any atom is -0.356 e. The van der Waals surface area contributed by atoms with Crippen LogP contribution in [-0.2, 0) is 12.0 Å². The van der Waals surface area contributed by atoms with E-state index in [0.717, 1.165) is 18.1 Å². The molecular formula is C24H35IN4O. The van der Waals surface area contributed by atoms with Crippen molar-refractivity contribution in [2.75, 3.05) is 13.6 Å². The molecule has 0 saturated carbocycles. The van der Waals surface area contributed by atoms with Gasteiger partial charge >= 0.3 is 0 Å². The zero-order valence-corrected chi connectivity index (χ0v) is 21.2. The van der Waals surface area contributed by atoms with Gasteiger partial charge in [0.15, 0.2) is 5.96 Å². The molecule has 164 valence electrons. The molecular weight excluding hydrogens is 487 g/mol. The van der Waals surface area contributed by atoms with Gasteiger partial charge in [0.05, 0.1) is 0 Å². The lowest BCUT2D eigenvalue weighted by Crippen LogP contribution is -2.43. The highest BCUT2D eigenvalue weighted by molar-refractivity contribution is 14.0. The van der Waals surface area contributed by atoms with Crippen LogP contribution in [0, 0.1) is 0 Å². The van der Waals surface area contributed by atoms with Crippen molar-refractivity contribution >= 4 is 35.8 Å². The first kappa shape index (κ1) is 25.9. The van der Waals surface area contributed by atoms with Crippen LogP contribution in [0.25, 0.3) is 0 Å². The van der Waals surface area contributed by atoms with Crippen LogP contribution in [0.4, 0.5) is 0 Å². The van der Waals surface area contributed by atoms with Gasteiger partial charge in [0, 0.05) is 36.7 Å². The molecule has 6 heteroatoms. The largest absolute Gasteiger partial charge is 0.356 e. The van der Waals surface area contributed by atoms with Gasteiger partial charge in [-0.1, -0.05) is 56.3 Å². The van der Waals surface area contributed by atoms with Gasteiger partial charge < -0.3 is 16.0 Å². The van der Waals surface area contributed by atoms with Gasteiger partial charge in [-0.25, -0.2) is 0 Å². The van der Waals surface area contributed by atoms with Crippen molar-refractivity contribution in [3.05, 3.63) is 71.3 Å². The third-order valence-corrected chi connectivity index (χ3v) is 4.61. The maximum absolute atomic E-state index is 12.4. The molecule has 0 heterocycles. The molecule has 2 rings (SSSR count). The van der Waals surface area contributed by atoms with E-state index in [1.54, 1.807) is 7.05 Å². The van der Waals surface area contributed by atoms with E-state index in [9.17, 15) is 4.79 Å². The second kappa shape index (κ2) is 11.3. The standard InChI is InChI=1S/C24H34N4O.HI/c1-23(2,3)28-21(29)19-12-10-11-18(15-19)16-26-22(25-6)27-17-24(4,5)20-13-8-7-9-14-20;/h7-15H,16-17H2,1-6H3,(H,28,29)(H2,25,26,27);1H. The molecule has 2 aromatic rings. The Hall–Kier alpha value is -2.09. The highest BCUT2D eigenvalue weighted by Gasteiger charge is 2.20. The lowest BCUT2D eigenvalue weighted by atomic mass is 9.85. The fraction of sp³-hybridized carbons (Fsp3) is 0.417. The number of halogens is 1. The van der Waals surface area contributed by atoms with Gasteiger partial charge in [-0.3, -0.25) is 9.79 Å². The summed E-state index contributed by atoms with van der Waals surface area (Å²) >= 11 is 0. The number of rotatable bonds is 6. The zero-order chi connectivity index (χ0) is 21.5. The van der Waals surface area contributed by atoms with Crippen LogP contribution in [0.2, 0.25) is 0 Å². The Morgan fingerprint density at radius 2 is 1.60 bits per heavy atom. The molecule has 0 radical (unpaired) electrons. The summed E-state index contributed by atoms with van der Waals surface area (Å²) in [6, 6.07) is 18.1. The summed E-state index contributed by atoms with van der Waals surface area (Å²) in [5.41, 5.74) is 2.68. The van der Waals surface area contributed by atoms with Crippen LogP contribution in [0.3, 0.4) is 0 Å². The van der Waals surface area contributed by atoms with Crippen LogP contribution < -0.4 is 16.0 Å². The van der Waals surface area contributed by atoms with Crippen molar-refractivity contribution in [1.29, 1.82) is 0 Å². The van der Waals surface area contributed by atoms with Crippen LogP contribution in [-0.4, -0.2) is 31.0 Å². The Morgan fingerprint density at radius 1 is 0.933 bits per heavy atom. The summed E-state index contributed by atoms with van der Waals surface area (Å²) in [4.78, 5) is 16.7. The minimum atomic E-state index is -0.261. The van der Waals surface area contributed by atoms with E-state index in [1.807, 2.05) is 51.1 Å². The summed E-state index contributed by atoms with van der Waals surface area (Å²) in [6.07, 6.45) is 0. The van der Waals surface area contributed by atoms with Crippen LogP contribution in [0.15, 0.2) is 59.6 Å². The predicted molar refractivity (Wildman–Crippen MR) is 137 cm³/mol. The molecule has 1 amide bonds. The van der Waals surface area contributed by atoms with Crippen LogP contribution >= 0.6 is 24.0 Å². The Kier molecular flexibility index (Phi) is 9.81. The first-order valence-corrected chi connectivity index (χ1v) is 10.0. The quantitative estimate of drug-likeness (QED) is 0.298. The average molecular weight is 522 g/mol. The first-order valence-electron chi connectivity index (χ1n) is 10.0. The number of hydrogen-bond acceptors (Lipinski definition) is 2. The van der Waals surface area contributed by atoms with E-state index in [4.69, 9.17) is 0 Å². The Morgan fingerprint density at radius 3 is 2.20 bits per heavy atom. The summed E-state index contributed by atoms with van der Waals surface area (Å²) in [7, 11) is 1.76. The number of benzene rings is 2. The lowest BCUT2D eigenvalue weighted by molar-refractivity contribution is 0.0919. The van der Waals surface area contributed by atoms with Gasteiger partial charge in [-0.05, 0) is 44.0 Å². The zero-order valence-electron chi connectivity index (χ0n) is 18.9. The van der Waals surface area contributed by atoms with E-state index in [0.29, 0.717) is 12.1 Å². The molecule has 0 atom stereocenters. The van der Waals surface area contributed by atoms with Gasteiger partial charge in [-0.2, -0.15) is 0 Å². The lowest BCUT2D eigenvalue weighted by Gasteiger charge is -2.26. The average Bonchev–Trinajstić information content (AvgIpc) is 2.68. The van der Waals surface area contributed by atoms with Crippen LogP contribution in [0.5, 0.6) is 0 Å². The van der Waals surface area contributed by atoms with Crippen molar-refractivity contribution in [2.24, 2.45) is 4.99 Å². The molecule has 0 aromatic heterocycles. The molecule has 0 saturated heterocycles. The van der Waals surface area contributed by atoms with Crippen molar-refractivity contribution in [3.63, 3.8) is 0 Å². The molecule has 0 unspecified atom stereocenters. The van der Waals surface area contributed by atoms with Gasteiger partial charge in [0.2, 0.25) is 0 Å². The number of hydrogen-bond donors (Lipinski definition) is 3. The molecule has 5 nitrogen and oxygen atoms in total. The smallest absolute Gasteiger partial charge is 0.251 e. The van der Waals surface area contributed by atoms with E-state index >= 15 is 0 Å². The topological polar surface area (TPSA) is 65.5 Å². The second-order valence-corrected chi connectivity index (χ2v) is 8.93. The fourth-order valence-electron chi connectivity index (χ4n) is 2.94. The number of aliphatic imine (C=N–C) groups is 1. The van der Waals surface area contributed by atoms with Crippen molar-refractivity contribution in [1.82, 2.24) is 16.0 Å². The molecule has 30 heavy (non-hydrogen) atoms. The molecule has 0 fully saturated rings. The van der Waals surface area contributed by atoms with Crippen molar-refractivity contribution < 1.29 is 4.79 Å². The summed E-state index contributed by atoms with van der Waals surface area (Å²) in [6.45, 7) is 11.7. The predicted octanol–water partition coefficient (Wildman–Crippen LogP) is 4.48. The molecule has 0 aliphatic rings. The highest BCUT2D eigenvalue weighted by atomic mass is 127. The number of nitrogens with one attached hydrogen (secondary N) is 3. The van der Waals surface area contributed by atoms with E-state index < -0.39 is 0 Å². The molecule has 3 N–H and O–H groups in total. The summed E-state index contributed by atoms with van der Waals surface area (Å²) in [5, 5.41) is 9.73. The third-order valence-electron chi connectivity index (χ3n) is 4.61. The van der Waals surface area contributed by atoms with E-state index in [-0.39, 0.29) is 40.8 Å². The molecule has 2 aromatic carbocycles. The normalized spacial score (nSPS) is 12.0. The maximum Gasteiger partial charge on any atom is 0.251 e. The molecule has 0 aliphatic heterocycles. The molecule has 0 bridgehead atoms. The van der Waals surface area contributed by atoms with Gasteiger partial charge in [0.25, 0.3) is 5.91 Å². The Balaban J connectivity index is 0.00000450. The number of amides is 1. The van der Waals surface area contributed by atoms with E-state index in [1.165, 1.54) is 5.56 Å². The summed E-state index contributed by atoms with van der Waals surface area (Å²) < 4.78 is 0. The van der Waals surface area contributed by atoms with E-state index in [2.05, 4.69) is 59.1 Å². The van der Waals surface area contributed by atoms with Gasteiger partial charge in [-0.15, -0.1) is 24.0 Å². The highest BCUT2D eigenvalue weighted by Crippen LogP contribution is 2.21. The first-order chi connectivity index (χ1) is 13.6. The minimum absolute atomic E-state index is 0. The SMILES string of the molecule is CN=C(NCc1cccc(C(=O)NC(C)(C)C)c1)NCC(C)(C)c1ccccc1.I. The fourth-order valence-corrected chi connectivity index (χ4v) is 2.94. The Bertz CT molecular complexity index is 842. The number of nitrogens with zero attached hydrogens (tertiary/aromatic N) is 1. The van der Waals surface area contributed by atoms with Gasteiger partial charge in [0.1, 0.15) is 0 Å². The number of carbonyl (C=O) groups excluding carboxylic acids is 1. The number of carbonyl (C=O) groups is 1. The van der Waals surface area contributed by atoms with Crippen molar-refractivity contribution in [2.45, 2.75) is 52.1 Å². The maximum atomic E-state index is 12.4. The number of guanidine groups is 1. The van der Waals surface area contributed by atoms with Crippen LogP contribution in [0.1, 0.15) is 56.1 Å². The third kappa shape index (κ3) is 8.34. The second-order valence-electron chi connectivity index (χ2n) is 8.93. The summed E-state index contributed by atoms with van der Waals surface area (Å²) in [5.74, 6) is 0.671. The molecule has 0 aliphatic carbocycles. The monoisotopic (exact) mass is 522 g/mol. The Labute approximate surface area is 198 Å². The molecule has 0 spiro atoms. The van der Waals surface area contributed by atoms with Crippen molar-refractivity contribution in [3.8, 4) is 0 Å².